The molecule has 2 fully saturated rings. The van der Waals surface area contributed by atoms with Crippen molar-refractivity contribution >= 4 is 22.6 Å². The first-order chi connectivity index (χ1) is 15.5. The van der Waals surface area contributed by atoms with Gasteiger partial charge in [0.25, 0.3) is 0 Å². The normalized spacial score (nSPS) is 18.7. The Morgan fingerprint density at radius 2 is 2.06 bits per heavy atom. The number of aromatic carboxylic acids is 1. The number of fused-ring (bicyclic) bond motifs is 1. The van der Waals surface area contributed by atoms with E-state index in [1.165, 1.54) is 12.3 Å². The highest BCUT2D eigenvalue weighted by Crippen LogP contribution is 2.36. The summed E-state index contributed by atoms with van der Waals surface area (Å²) in [5.41, 5.74) is 0.0295. The summed E-state index contributed by atoms with van der Waals surface area (Å²) >= 11 is 0. The van der Waals surface area contributed by atoms with Gasteiger partial charge < -0.3 is 19.3 Å². The Hall–Kier alpha value is -3.42. The Labute approximate surface area is 184 Å². The first-order valence-electron chi connectivity index (χ1n) is 10.9. The molecule has 1 saturated heterocycles. The van der Waals surface area contributed by atoms with Gasteiger partial charge in [-0.1, -0.05) is 6.07 Å². The molecule has 3 heterocycles. The van der Waals surface area contributed by atoms with Crippen molar-refractivity contribution in [1.29, 1.82) is 0 Å². The Morgan fingerprint density at radius 3 is 2.75 bits per heavy atom. The summed E-state index contributed by atoms with van der Waals surface area (Å²) in [6.07, 6.45) is 7.72. The maximum atomic E-state index is 15.3. The number of rotatable bonds is 6. The summed E-state index contributed by atoms with van der Waals surface area (Å²) in [5.74, 6) is -1.29. The highest BCUT2D eigenvalue weighted by atomic mass is 19.1. The maximum Gasteiger partial charge on any atom is 0.341 e. The third-order valence-electron chi connectivity index (χ3n) is 6.55. The molecular weight excluding hydrogens is 413 g/mol. The number of aromatic nitrogens is 2. The largest absolute Gasteiger partial charge is 0.477 e. The molecule has 1 atom stereocenters. The Bertz CT molecular complexity index is 1220. The first-order valence-corrected chi connectivity index (χ1v) is 10.9. The quantitative estimate of drug-likeness (QED) is 0.627. The van der Waals surface area contributed by atoms with Crippen LogP contribution in [-0.2, 0) is 0 Å². The highest BCUT2D eigenvalue weighted by molar-refractivity contribution is 5.93. The minimum absolute atomic E-state index is 0.0221. The van der Waals surface area contributed by atoms with Crippen molar-refractivity contribution in [2.75, 3.05) is 18.1 Å². The van der Waals surface area contributed by atoms with Crippen LogP contribution in [0.2, 0.25) is 0 Å². The van der Waals surface area contributed by atoms with Crippen molar-refractivity contribution in [1.82, 2.24) is 9.55 Å². The molecule has 2 aromatic heterocycles. The van der Waals surface area contributed by atoms with Gasteiger partial charge in [-0.05, 0) is 50.3 Å². The van der Waals surface area contributed by atoms with Crippen LogP contribution in [0, 0.1) is 5.82 Å². The van der Waals surface area contributed by atoms with Gasteiger partial charge in [-0.15, -0.1) is 0 Å². The molecule has 0 amide bonds. The molecule has 0 spiro atoms. The van der Waals surface area contributed by atoms with Crippen molar-refractivity contribution in [3.05, 3.63) is 64.3 Å². The molecule has 2 aliphatic rings. The van der Waals surface area contributed by atoms with Crippen molar-refractivity contribution in [3.63, 3.8) is 0 Å². The molecule has 1 aromatic carbocycles. The number of ether oxygens (including phenoxy) is 1. The molecule has 5 rings (SSSR count). The Balaban J connectivity index is 1.54. The second-order valence-electron chi connectivity index (χ2n) is 8.46. The average Bonchev–Trinajstić information content (AvgIpc) is 3.21. The number of hydrogen-bond acceptors (Lipinski definition) is 5. The van der Waals surface area contributed by atoms with E-state index in [2.05, 4.69) is 4.98 Å². The van der Waals surface area contributed by atoms with Crippen molar-refractivity contribution in [3.8, 4) is 5.88 Å². The van der Waals surface area contributed by atoms with E-state index >= 15 is 4.39 Å². The summed E-state index contributed by atoms with van der Waals surface area (Å²) in [4.78, 5) is 30.5. The average molecular weight is 437 g/mol. The van der Waals surface area contributed by atoms with Crippen LogP contribution in [0.15, 0.2) is 47.5 Å². The molecule has 8 heteroatoms. The number of hydrogen-bond donors (Lipinski definition) is 1. The van der Waals surface area contributed by atoms with E-state index in [4.69, 9.17) is 4.74 Å². The van der Waals surface area contributed by atoms with E-state index in [-0.39, 0.29) is 23.0 Å². The zero-order valence-electron chi connectivity index (χ0n) is 17.5. The number of benzene rings is 1. The number of carboxylic acid groups (broad SMARTS) is 1. The fourth-order valence-electron chi connectivity index (χ4n) is 4.64. The molecule has 0 unspecified atom stereocenters. The van der Waals surface area contributed by atoms with Crippen LogP contribution in [0.25, 0.3) is 10.9 Å². The van der Waals surface area contributed by atoms with Crippen molar-refractivity contribution < 1.29 is 19.0 Å². The molecule has 7 nitrogen and oxygen atoms in total. The molecule has 1 aliphatic carbocycles. The molecule has 1 N–H and O–H groups in total. The van der Waals surface area contributed by atoms with E-state index in [0.717, 1.165) is 32.1 Å². The summed E-state index contributed by atoms with van der Waals surface area (Å²) < 4.78 is 22.9. The monoisotopic (exact) mass is 437 g/mol. The minimum Gasteiger partial charge on any atom is -0.477 e. The predicted octanol–water partition coefficient (Wildman–Crippen LogP) is 4.01. The molecule has 0 bridgehead atoms. The number of halogens is 1. The van der Waals surface area contributed by atoms with Gasteiger partial charge in [0.1, 0.15) is 18.0 Å². The van der Waals surface area contributed by atoms with E-state index < -0.39 is 17.2 Å². The number of pyridine rings is 2. The summed E-state index contributed by atoms with van der Waals surface area (Å²) in [5, 5.41) is 9.58. The van der Waals surface area contributed by atoms with Crippen LogP contribution in [0.1, 0.15) is 48.5 Å². The third kappa shape index (κ3) is 3.59. The number of nitrogens with zero attached hydrogens (tertiary/aromatic N) is 3. The van der Waals surface area contributed by atoms with E-state index in [1.807, 2.05) is 21.6 Å². The van der Waals surface area contributed by atoms with Gasteiger partial charge in [0, 0.05) is 36.4 Å². The van der Waals surface area contributed by atoms with Gasteiger partial charge in [-0.3, -0.25) is 4.79 Å². The molecule has 0 radical (unpaired) electrons. The van der Waals surface area contributed by atoms with Gasteiger partial charge >= 0.3 is 5.97 Å². The summed E-state index contributed by atoms with van der Waals surface area (Å²) in [6.45, 7) is 1.06. The SMILES string of the molecule is O=C(O)c1cn(C2CCC2)c2cc(N3CCC[C@@H]3COc3ccccn3)c(F)cc2c1=O. The second-order valence-corrected chi connectivity index (χ2v) is 8.46. The van der Waals surface area contributed by atoms with Crippen LogP contribution in [-0.4, -0.2) is 39.8 Å². The Morgan fingerprint density at radius 1 is 1.22 bits per heavy atom. The van der Waals surface area contributed by atoms with Gasteiger partial charge in [-0.25, -0.2) is 14.2 Å². The zero-order chi connectivity index (χ0) is 22.2. The van der Waals surface area contributed by atoms with Crippen LogP contribution in [0.3, 0.4) is 0 Å². The summed E-state index contributed by atoms with van der Waals surface area (Å²) in [7, 11) is 0. The zero-order valence-corrected chi connectivity index (χ0v) is 17.5. The number of carboxylic acids is 1. The van der Waals surface area contributed by atoms with E-state index in [0.29, 0.717) is 30.2 Å². The van der Waals surface area contributed by atoms with Crippen LogP contribution in [0.4, 0.5) is 10.1 Å². The fraction of sp³-hybridized carbons (Fsp3) is 0.375. The van der Waals surface area contributed by atoms with Crippen LogP contribution >= 0.6 is 0 Å². The second kappa shape index (κ2) is 8.26. The third-order valence-corrected chi connectivity index (χ3v) is 6.55. The highest BCUT2D eigenvalue weighted by Gasteiger charge is 2.30. The van der Waals surface area contributed by atoms with E-state index in [1.54, 1.807) is 18.3 Å². The number of anilines is 1. The molecule has 1 saturated carbocycles. The van der Waals surface area contributed by atoms with E-state index in [9.17, 15) is 14.7 Å². The van der Waals surface area contributed by atoms with Crippen LogP contribution in [0.5, 0.6) is 5.88 Å². The summed E-state index contributed by atoms with van der Waals surface area (Å²) in [6, 6.07) is 8.45. The first kappa shape index (κ1) is 20.5. The molecule has 166 valence electrons. The minimum atomic E-state index is -1.29. The standard InChI is InChI=1S/C24H24FN3O4/c25-19-11-17-20(28(15-5-3-6-15)13-18(23(17)29)24(30)31)12-21(19)27-10-4-7-16(27)14-32-22-8-1-2-9-26-22/h1-2,8-9,11-13,15-16H,3-7,10,14H2,(H,30,31)/t16-/m1/s1. The smallest absolute Gasteiger partial charge is 0.341 e. The van der Waals surface area contributed by atoms with Crippen LogP contribution < -0.4 is 15.1 Å². The van der Waals surface area contributed by atoms with Gasteiger partial charge in [0.2, 0.25) is 11.3 Å². The number of carbonyl (C=O) groups is 1. The topological polar surface area (TPSA) is 84.7 Å². The van der Waals surface area contributed by atoms with Gasteiger partial charge in [0.05, 0.1) is 17.2 Å². The van der Waals surface area contributed by atoms with Gasteiger partial charge in [0.15, 0.2) is 0 Å². The molecule has 1 aliphatic heterocycles. The fourth-order valence-corrected chi connectivity index (χ4v) is 4.64. The van der Waals surface area contributed by atoms with Crippen molar-refractivity contribution in [2.45, 2.75) is 44.2 Å². The molecular formula is C24H24FN3O4. The maximum absolute atomic E-state index is 15.3. The lowest BCUT2D eigenvalue weighted by Gasteiger charge is -2.31. The molecule has 32 heavy (non-hydrogen) atoms. The lowest BCUT2D eigenvalue weighted by Crippen LogP contribution is -2.35. The van der Waals surface area contributed by atoms with Gasteiger partial charge in [-0.2, -0.15) is 0 Å². The molecule has 3 aromatic rings. The Kier molecular flexibility index (Phi) is 5.28. The predicted molar refractivity (Wildman–Crippen MR) is 118 cm³/mol. The van der Waals surface area contributed by atoms with Crippen molar-refractivity contribution in [2.24, 2.45) is 0 Å². The lowest BCUT2D eigenvalue weighted by atomic mass is 9.92. The lowest BCUT2D eigenvalue weighted by molar-refractivity contribution is 0.0694.